The number of hydrogen-bond donors (Lipinski definition) is 1. The molecule has 0 saturated heterocycles. The normalized spacial score (nSPS) is 12.0. The Balaban J connectivity index is 0.000000290. The zero-order valence-electron chi connectivity index (χ0n) is 29.9. The number of carbonyl (C=O) groups excluding carboxylic acids is 1. The first-order chi connectivity index (χ1) is 23.1. The van der Waals surface area contributed by atoms with Gasteiger partial charge in [0.15, 0.2) is 5.78 Å². The molecule has 1 radical (unpaired) electrons. The van der Waals surface area contributed by atoms with E-state index in [-0.39, 0.29) is 43.5 Å². The van der Waals surface area contributed by atoms with Crippen LogP contribution in [0.5, 0.6) is 0 Å². The van der Waals surface area contributed by atoms with Gasteiger partial charge in [-0.05, 0) is 60.7 Å². The summed E-state index contributed by atoms with van der Waals surface area (Å²) >= 11 is 0. The van der Waals surface area contributed by atoms with E-state index in [2.05, 4.69) is 121 Å². The summed E-state index contributed by atoms with van der Waals surface area (Å²) in [6.07, 6.45) is 4.91. The molecule has 0 amide bonds. The molecule has 0 unspecified atom stereocenters. The average Bonchev–Trinajstić information content (AvgIpc) is 3.48. The number of aliphatic hydroxyl groups excluding tert-OH is 1. The molecular weight excluding hydrogens is 797 g/mol. The van der Waals surface area contributed by atoms with E-state index in [0.29, 0.717) is 0 Å². The van der Waals surface area contributed by atoms with E-state index in [9.17, 15) is 9.90 Å². The van der Waals surface area contributed by atoms with Gasteiger partial charge in [-0.2, -0.15) is 0 Å². The topological polar surface area (TPSA) is 55.1 Å². The summed E-state index contributed by atoms with van der Waals surface area (Å²) < 4.78 is 2.27. The SMILES string of the molecule is CCC(CC)C(=O)/C=C(\O)C(CC)CC.C[Si](C)(C)c1ccc2cc(-n3c(-c4[c-]cc5ccccc5c4)nc4ccccc43)ccc2c1.[Ir]. The van der Waals surface area contributed by atoms with Crippen molar-refractivity contribution in [1.29, 1.82) is 0 Å². The Morgan fingerprint density at radius 3 is 2.04 bits per heavy atom. The Morgan fingerprint density at radius 2 is 1.37 bits per heavy atom. The van der Waals surface area contributed by atoms with E-state index in [4.69, 9.17) is 4.98 Å². The van der Waals surface area contributed by atoms with Crippen molar-refractivity contribution in [3.05, 3.63) is 115 Å². The van der Waals surface area contributed by atoms with E-state index >= 15 is 0 Å². The Hall–Kier alpha value is -3.83. The van der Waals surface area contributed by atoms with Gasteiger partial charge in [0.1, 0.15) is 0 Å². The van der Waals surface area contributed by atoms with Gasteiger partial charge < -0.3 is 9.67 Å². The van der Waals surface area contributed by atoms with E-state index in [0.717, 1.165) is 53.8 Å². The van der Waals surface area contributed by atoms with E-state index < -0.39 is 8.07 Å². The quantitative estimate of drug-likeness (QED) is 0.0647. The molecule has 257 valence electrons. The number of carbonyl (C=O) groups is 1. The minimum absolute atomic E-state index is 0. The zero-order valence-corrected chi connectivity index (χ0v) is 33.3. The van der Waals surface area contributed by atoms with Gasteiger partial charge in [-0.3, -0.25) is 9.78 Å². The molecule has 1 heterocycles. The molecule has 0 aliphatic carbocycles. The third-order valence-electron chi connectivity index (χ3n) is 9.51. The van der Waals surface area contributed by atoms with Crippen LogP contribution in [0, 0.1) is 17.9 Å². The molecule has 1 N–H and O–H groups in total. The van der Waals surface area contributed by atoms with Crippen LogP contribution < -0.4 is 5.19 Å². The van der Waals surface area contributed by atoms with E-state index in [1.54, 1.807) is 0 Å². The maximum absolute atomic E-state index is 11.7. The number of para-hydroxylation sites is 2. The largest absolute Gasteiger partial charge is 0.512 e. The number of rotatable bonds is 10. The van der Waals surface area contributed by atoms with Gasteiger partial charge in [-0.15, -0.1) is 29.1 Å². The summed E-state index contributed by atoms with van der Waals surface area (Å²) in [5, 5.41) is 16.2. The number of aromatic nitrogens is 2. The molecule has 0 atom stereocenters. The van der Waals surface area contributed by atoms with Crippen molar-refractivity contribution in [2.24, 2.45) is 11.8 Å². The molecule has 0 bridgehead atoms. The predicted molar refractivity (Wildman–Crippen MR) is 207 cm³/mol. The smallest absolute Gasteiger partial charge is 0.162 e. The van der Waals surface area contributed by atoms with Gasteiger partial charge in [0.25, 0.3) is 0 Å². The molecule has 49 heavy (non-hydrogen) atoms. The second kappa shape index (κ2) is 16.7. The van der Waals surface area contributed by atoms with Gasteiger partial charge in [-0.25, -0.2) is 0 Å². The van der Waals surface area contributed by atoms with Gasteiger partial charge in [-0.1, -0.05) is 119 Å². The summed E-state index contributed by atoms with van der Waals surface area (Å²) in [6, 6.07) is 38.2. The second-order valence-electron chi connectivity index (χ2n) is 13.7. The standard InChI is InChI=1S/C30H25N2Si.C13H24O2.Ir/c1-33(2,3)27-17-15-23-19-26(16-14-24(23)20-27)32-29-11-7-6-10-28(29)31-30(32)25-13-12-21-8-4-5-9-22(21)18-25;1-5-10(6-2)12(14)9-13(15)11(7-3)8-4;/h4-12,14-20H,1-3H3;9-11,14H,5-8H2,1-4H3;/q-1;;/b;12-9-;. The van der Waals surface area contributed by atoms with Crippen molar-refractivity contribution in [1.82, 2.24) is 9.55 Å². The number of hydrogen-bond acceptors (Lipinski definition) is 3. The van der Waals surface area contributed by atoms with Gasteiger partial charge in [0.2, 0.25) is 0 Å². The Labute approximate surface area is 306 Å². The van der Waals surface area contributed by atoms with Crippen LogP contribution in [0.4, 0.5) is 0 Å². The fourth-order valence-electron chi connectivity index (χ4n) is 6.34. The van der Waals surface area contributed by atoms with Crippen LogP contribution in [-0.4, -0.2) is 28.5 Å². The van der Waals surface area contributed by atoms with Crippen LogP contribution in [0.25, 0.3) is 49.7 Å². The summed E-state index contributed by atoms with van der Waals surface area (Å²) in [6.45, 7) is 15.3. The van der Waals surface area contributed by atoms with Crippen LogP contribution in [0.1, 0.15) is 53.4 Å². The number of allylic oxidation sites excluding steroid dienone is 2. The molecule has 1 aromatic heterocycles. The van der Waals surface area contributed by atoms with Crippen LogP contribution in [-0.2, 0) is 24.9 Å². The number of ketones is 1. The Bertz CT molecular complexity index is 2070. The molecule has 4 nitrogen and oxygen atoms in total. The number of fused-ring (bicyclic) bond motifs is 3. The van der Waals surface area contributed by atoms with E-state index in [1.807, 2.05) is 33.8 Å². The fraction of sp³-hybridized carbons (Fsp3) is 0.302. The van der Waals surface area contributed by atoms with Crippen molar-refractivity contribution in [2.45, 2.75) is 73.0 Å². The Kier molecular flexibility index (Phi) is 13.0. The average molecular weight is 846 g/mol. The van der Waals surface area contributed by atoms with Gasteiger partial charge in [0, 0.05) is 43.7 Å². The summed E-state index contributed by atoms with van der Waals surface area (Å²) in [5.41, 5.74) is 4.21. The number of nitrogens with zero attached hydrogens (tertiary/aromatic N) is 2. The molecule has 6 heteroatoms. The minimum atomic E-state index is -1.35. The van der Waals surface area contributed by atoms with Gasteiger partial charge >= 0.3 is 0 Å². The molecule has 0 aliphatic rings. The molecule has 0 saturated carbocycles. The molecule has 0 aliphatic heterocycles. The maximum Gasteiger partial charge on any atom is 0.162 e. The maximum atomic E-state index is 11.7. The van der Waals surface area contributed by atoms with Crippen molar-refractivity contribution >= 4 is 51.6 Å². The first-order valence-corrected chi connectivity index (χ1v) is 20.9. The minimum Gasteiger partial charge on any atom is -0.512 e. The molecule has 6 aromatic rings. The summed E-state index contributed by atoms with van der Waals surface area (Å²) in [7, 11) is -1.35. The molecule has 0 spiro atoms. The van der Waals surface area contributed by atoms with E-state index in [1.165, 1.54) is 32.8 Å². The van der Waals surface area contributed by atoms with Crippen LogP contribution >= 0.6 is 0 Å². The van der Waals surface area contributed by atoms with Crippen LogP contribution in [0.15, 0.2) is 109 Å². The third-order valence-corrected chi connectivity index (χ3v) is 11.6. The van der Waals surface area contributed by atoms with Gasteiger partial charge in [0.05, 0.1) is 30.7 Å². The number of benzene rings is 5. The van der Waals surface area contributed by atoms with Crippen molar-refractivity contribution in [2.75, 3.05) is 0 Å². The summed E-state index contributed by atoms with van der Waals surface area (Å²) in [4.78, 5) is 16.7. The molecular formula is C43H49IrN2O2Si-. The fourth-order valence-corrected chi connectivity index (χ4v) is 7.51. The monoisotopic (exact) mass is 846 g/mol. The van der Waals surface area contributed by atoms with Crippen molar-refractivity contribution < 1.29 is 30.0 Å². The predicted octanol–water partition coefficient (Wildman–Crippen LogP) is 11.2. The zero-order chi connectivity index (χ0) is 34.4. The second-order valence-corrected chi connectivity index (χ2v) is 18.8. The third kappa shape index (κ3) is 8.67. The van der Waals surface area contributed by atoms with Crippen molar-refractivity contribution in [3.8, 4) is 17.1 Å². The number of imidazole rings is 1. The molecule has 0 fully saturated rings. The molecule has 6 rings (SSSR count). The van der Waals surface area contributed by atoms with Crippen LogP contribution in [0.3, 0.4) is 0 Å². The van der Waals surface area contributed by atoms with Crippen LogP contribution in [0.2, 0.25) is 19.6 Å². The first-order valence-electron chi connectivity index (χ1n) is 17.4. The van der Waals surface area contributed by atoms with Crippen molar-refractivity contribution in [3.63, 3.8) is 0 Å². The first kappa shape index (κ1) is 38.0. The Morgan fingerprint density at radius 1 is 0.776 bits per heavy atom. The molecule has 5 aromatic carbocycles. The number of aliphatic hydroxyl groups is 1. The summed E-state index contributed by atoms with van der Waals surface area (Å²) in [5.74, 6) is 1.46.